The molecule has 0 radical (unpaired) electrons. The Balaban J connectivity index is 2.08. The number of hydrogen-bond donors (Lipinski definition) is 1. The van der Waals surface area contributed by atoms with Crippen LogP contribution in [0.3, 0.4) is 0 Å². The second kappa shape index (κ2) is 6.05. The average Bonchev–Trinajstić information content (AvgIpc) is 3.15. The minimum atomic E-state index is -0.630. The first-order valence-electron chi connectivity index (χ1n) is 6.36. The summed E-state index contributed by atoms with van der Waals surface area (Å²) in [5, 5.41) is 26.9. The van der Waals surface area contributed by atoms with Gasteiger partial charge in [0.05, 0.1) is 18.0 Å². The molecular formula is C14H9BrN4O4. The molecule has 2 aromatic heterocycles. The molecule has 23 heavy (non-hydrogen) atoms. The van der Waals surface area contributed by atoms with Crippen LogP contribution < -0.4 is 0 Å². The van der Waals surface area contributed by atoms with Crippen molar-refractivity contribution < 1.29 is 14.5 Å². The number of oxime groups is 1. The van der Waals surface area contributed by atoms with E-state index in [0.29, 0.717) is 11.3 Å². The normalized spacial score (nSPS) is 11.2. The highest BCUT2D eigenvalue weighted by Crippen LogP contribution is 2.28. The third-order valence-electron chi connectivity index (χ3n) is 3.04. The van der Waals surface area contributed by atoms with Crippen molar-refractivity contribution in [3.05, 3.63) is 62.7 Å². The Kier molecular flexibility index (Phi) is 3.94. The van der Waals surface area contributed by atoms with E-state index >= 15 is 0 Å². The summed E-state index contributed by atoms with van der Waals surface area (Å²) in [6.45, 7) is 0. The van der Waals surface area contributed by atoms with Gasteiger partial charge in [-0.05, 0) is 30.3 Å². The fourth-order valence-electron chi connectivity index (χ4n) is 2.01. The van der Waals surface area contributed by atoms with E-state index in [1.807, 2.05) is 24.3 Å². The van der Waals surface area contributed by atoms with Crippen molar-refractivity contribution in [2.75, 3.05) is 0 Å². The number of benzene rings is 1. The predicted molar refractivity (Wildman–Crippen MR) is 85.0 cm³/mol. The van der Waals surface area contributed by atoms with Crippen LogP contribution in [0.2, 0.25) is 0 Å². The molecule has 0 fully saturated rings. The summed E-state index contributed by atoms with van der Waals surface area (Å²) in [5.74, 6) is -0.174. The lowest BCUT2D eigenvalue weighted by atomic mass is 10.2. The van der Waals surface area contributed by atoms with Gasteiger partial charge in [0.15, 0.2) is 5.76 Å². The van der Waals surface area contributed by atoms with Crippen molar-refractivity contribution in [2.24, 2.45) is 5.16 Å². The van der Waals surface area contributed by atoms with E-state index in [-0.39, 0.29) is 11.6 Å². The molecule has 0 aliphatic rings. The second-order valence-electron chi connectivity index (χ2n) is 4.49. The van der Waals surface area contributed by atoms with Gasteiger partial charge in [-0.1, -0.05) is 21.1 Å². The Labute approximate surface area is 137 Å². The lowest BCUT2D eigenvalue weighted by molar-refractivity contribution is -0.401. The lowest BCUT2D eigenvalue weighted by Crippen LogP contribution is -1.94. The van der Waals surface area contributed by atoms with Gasteiger partial charge >= 0.3 is 5.88 Å². The first-order valence-corrected chi connectivity index (χ1v) is 7.15. The topological polar surface area (TPSA) is 107 Å². The van der Waals surface area contributed by atoms with Crippen LogP contribution in [-0.2, 0) is 0 Å². The van der Waals surface area contributed by atoms with E-state index in [0.717, 1.165) is 10.2 Å². The minimum Gasteiger partial charge on any atom is -0.411 e. The number of hydrogen-bond acceptors (Lipinski definition) is 6. The third-order valence-corrected chi connectivity index (χ3v) is 3.56. The van der Waals surface area contributed by atoms with Gasteiger partial charge in [-0.2, -0.15) is 5.10 Å². The molecule has 0 unspecified atom stereocenters. The van der Waals surface area contributed by atoms with Crippen LogP contribution in [0.15, 0.2) is 56.6 Å². The molecule has 0 spiro atoms. The molecular weight excluding hydrogens is 368 g/mol. The molecule has 9 heteroatoms. The molecule has 0 saturated heterocycles. The predicted octanol–water partition coefficient (Wildman–Crippen LogP) is 3.61. The molecule has 116 valence electrons. The fraction of sp³-hybridized carbons (Fsp3) is 0. The quantitative estimate of drug-likeness (QED) is 0.324. The molecule has 3 rings (SSSR count). The Hall–Kier alpha value is -2.94. The summed E-state index contributed by atoms with van der Waals surface area (Å²) < 4.78 is 7.65. The van der Waals surface area contributed by atoms with Gasteiger partial charge in [0.1, 0.15) is 10.6 Å². The number of aromatic nitrogens is 2. The van der Waals surface area contributed by atoms with E-state index in [2.05, 4.69) is 26.2 Å². The molecule has 0 bridgehead atoms. The summed E-state index contributed by atoms with van der Waals surface area (Å²) in [6.07, 6.45) is 2.82. The molecule has 2 heterocycles. The van der Waals surface area contributed by atoms with Gasteiger partial charge in [0.25, 0.3) is 0 Å². The Morgan fingerprint density at radius 2 is 2.04 bits per heavy atom. The number of rotatable bonds is 4. The first kappa shape index (κ1) is 15.0. The average molecular weight is 377 g/mol. The molecule has 0 amide bonds. The van der Waals surface area contributed by atoms with Gasteiger partial charge in [0.2, 0.25) is 0 Å². The van der Waals surface area contributed by atoms with Crippen LogP contribution in [0.5, 0.6) is 0 Å². The zero-order chi connectivity index (χ0) is 16.4. The smallest absolute Gasteiger partial charge is 0.411 e. The standard InChI is InChI=1S/C14H9BrN4O4/c15-10-1-3-11(4-2-10)18-8-9(7-16-20)14(17-18)12-5-6-13(23-12)19(21)22/h1-8,20H. The van der Waals surface area contributed by atoms with Crippen molar-refractivity contribution in [3.63, 3.8) is 0 Å². The van der Waals surface area contributed by atoms with E-state index in [1.54, 1.807) is 10.9 Å². The maximum atomic E-state index is 10.7. The molecule has 0 aliphatic heterocycles. The van der Waals surface area contributed by atoms with Crippen molar-refractivity contribution in [2.45, 2.75) is 0 Å². The van der Waals surface area contributed by atoms with Crippen LogP contribution in [-0.4, -0.2) is 26.1 Å². The maximum Gasteiger partial charge on any atom is 0.433 e. The van der Waals surface area contributed by atoms with E-state index < -0.39 is 4.92 Å². The SMILES string of the molecule is O=[N+]([O-])c1ccc(-c2nn(-c3ccc(Br)cc3)cc2C=NO)o1. The highest BCUT2D eigenvalue weighted by molar-refractivity contribution is 9.10. The van der Waals surface area contributed by atoms with Crippen LogP contribution in [0.4, 0.5) is 5.88 Å². The van der Waals surface area contributed by atoms with Gasteiger partial charge in [-0.3, -0.25) is 10.1 Å². The van der Waals surface area contributed by atoms with Crippen LogP contribution in [0, 0.1) is 10.1 Å². The fourth-order valence-corrected chi connectivity index (χ4v) is 2.28. The Morgan fingerprint density at radius 3 is 2.65 bits per heavy atom. The second-order valence-corrected chi connectivity index (χ2v) is 5.41. The van der Waals surface area contributed by atoms with Crippen molar-refractivity contribution in [1.29, 1.82) is 0 Å². The minimum absolute atomic E-state index is 0.211. The number of nitrogens with zero attached hydrogens (tertiary/aromatic N) is 4. The molecule has 0 atom stereocenters. The van der Waals surface area contributed by atoms with E-state index in [1.165, 1.54) is 18.3 Å². The summed E-state index contributed by atoms with van der Waals surface area (Å²) in [5.41, 5.74) is 1.56. The lowest BCUT2D eigenvalue weighted by Gasteiger charge is -2.00. The number of halogens is 1. The van der Waals surface area contributed by atoms with E-state index in [9.17, 15) is 10.1 Å². The largest absolute Gasteiger partial charge is 0.433 e. The highest BCUT2D eigenvalue weighted by atomic mass is 79.9. The Morgan fingerprint density at radius 1 is 1.30 bits per heavy atom. The monoisotopic (exact) mass is 376 g/mol. The number of nitro groups is 1. The third kappa shape index (κ3) is 2.99. The zero-order valence-electron chi connectivity index (χ0n) is 11.5. The van der Waals surface area contributed by atoms with Gasteiger partial charge in [0, 0.05) is 16.2 Å². The Bertz CT molecular complexity index is 883. The van der Waals surface area contributed by atoms with Crippen LogP contribution >= 0.6 is 15.9 Å². The summed E-state index contributed by atoms with van der Waals surface area (Å²) in [6, 6.07) is 10.1. The van der Waals surface area contributed by atoms with E-state index in [4.69, 9.17) is 9.62 Å². The van der Waals surface area contributed by atoms with Crippen LogP contribution in [0.25, 0.3) is 17.1 Å². The van der Waals surface area contributed by atoms with Crippen molar-refractivity contribution in [3.8, 4) is 17.1 Å². The molecule has 1 aromatic carbocycles. The van der Waals surface area contributed by atoms with Gasteiger partial charge in [-0.25, -0.2) is 4.68 Å². The van der Waals surface area contributed by atoms with Gasteiger partial charge in [-0.15, -0.1) is 0 Å². The maximum absolute atomic E-state index is 10.7. The number of furan rings is 1. The van der Waals surface area contributed by atoms with Crippen molar-refractivity contribution in [1.82, 2.24) is 9.78 Å². The van der Waals surface area contributed by atoms with Crippen molar-refractivity contribution >= 4 is 28.0 Å². The highest BCUT2D eigenvalue weighted by Gasteiger charge is 2.18. The molecule has 3 aromatic rings. The van der Waals surface area contributed by atoms with Gasteiger partial charge < -0.3 is 9.62 Å². The van der Waals surface area contributed by atoms with Crippen LogP contribution in [0.1, 0.15) is 5.56 Å². The molecule has 8 nitrogen and oxygen atoms in total. The molecule has 0 aliphatic carbocycles. The summed E-state index contributed by atoms with van der Waals surface area (Å²) in [7, 11) is 0. The summed E-state index contributed by atoms with van der Waals surface area (Å²) in [4.78, 5) is 10.1. The molecule has 1 N–H and O–H groups in total. The zero-order valence-corrected chi connectivity index (χ0v) is 13.0. The molecule has 0 saturated carbocycles. The summed E-state index contributed by atoms with van der Waals surface area (Å²) >= 11 is 3.35. The first-order chi connectivity index (χ1) is 11.1.